The molecule has 21 heavy (non-hydrogen) atoms. The van der Waals surface area contributed by atoms with E-state index in [9.17, 15) is 0 Å². The number of alkyl halides is 1. The van der Waals surface area contributed by atoms with Crippen LogP contribution in [0.1, 0.15) is 31.9 Å². The second-order valence-electron chi connectivity index (χ2n) is 3.73. The Kier molecular flexibility index (Phi) is 18.0. The van der Waals surface area contributed by atoms with Crippen molar-refractivity contribution < 1.29 is 0 Å². The van der Waals surface area contributed by atoms with Gasteiger partial charge in [-0.1, -0.05) is 101 Å². The Balaban J connectivity index is 0. The maximum Gasteiger partial charge on any atom is 0.0406 e. The fourth-order valence-corrected chi connectivity index (χ4v) is 1.68. The van der Waals surface area contributed by atoms with E-state index in [0.717, 1.165) is 11.4 Å². The molecule has 0 saturated carbocycles. The van der Waals surface area contributed by atoms with Crippen molar-refractivity contribution in [2.45, 2.75) is 34.1 Å². The first kappa shape index (κ1) is 23.2. The third-order valence-corrected chi connectivity index (χ3v) is 3.54. The lowest BCUT2D eigenvalue weighted by Gasteiger charge is -1.93. The van der Waals surface area contributed by atoms with Crippen LogP contribution in [0.15, 0.2) is 53.0 Å². The minimum Gasteiger partial charge on any atom is -0.0901 e. The van der Waals surface area contributed by atoms with Crippen LogP contribution in [0.25, 0.3) is 0 Å². The zero-order valence-electron chi connectivity index (χ0n) is 13.5. The summed E-state index contributed by atoms with van der Waals surface area (Å²) in [4.78, 5) is 1.97. The maximum atomic E-state index is 5.67. The van der Waals surface area contributed by atoms with Crippen LogP contribution in [0.4, 0.5) is 0 Å². The molecule has 0 radical (unpaired) electrons. The topological polar surface area (TPSA) is 0 Å². The molecule has 0 spiro atoms. The third-order valence-electron chi connectivity index (χ3n) is 2.40. The standard InChI is InChI=1S/C8H9Cl.C7H7Br.C2H6.CH3I/c1-2-7-3-5-8(9)6-4-7;1-6-4-2-3-5-7(6)8;2*1-2/h3-6H,2H2,1H3;2-5H,1H3;1-2H3;1H3. The van der Waals surface area contributed by atoms with Crippen LogP contribution in [0.5, 0.6) is 0 Å². The molecule has 0 unspecified atom stereocenters. The molecule has 0 bridgehead atoms. The summed E-state index contributed by atoms with van der Waals surface area (Å²) < 4.78 is 1.18. The summed E-state index contributed by atoms with van der Waals surface area (Å²) in [6.07, 6.45) is 1.08. The van der Waals surface area contributed by atoms with Crippen molar-refractivity contribution in [1.29, 1.82) is 0 Å². The van der Waals surface area contributed by atoms with Gasteiger partial charge in [0.05, 0.1) is 0 Å². The van der Waals surface area contributed by atoms with E-state index in [1.165, 1.54) is 15.6 Å². The van der Waals surface area contributed by atoms with Gasteiger partial charge >= 0.3 is 0 Å². The summed E-state index contributed by atoms with van der Waals surface area (Å²) in [5.41, 5.74) is 2.62. The Bertz CT molecular complexity index is 434. The molecule has 0 aromatic heterocycles. The SMILES string of the molecule is CC.CCc1ccc(Cl)cc1.CI.Cc1ccccc1Br. The van der Waals surface area contributed by atoms with Crippen LogP contribution in [0.3, 0.4) is 0 Å². The summed E-state index contributed by atoms with van der Waals surface area (Å²) >= 11 is 11.2. The highest BCUT2D eigenvalue weighted by atomic mass is 127. The zero-order chi connectivity index (χ0) is 16.7. The number of halogens is 3. The average molecular weight is 484 g/mol. The monoisotopic (exact) mass is 482 g/mol. The largest absolute Gasteiger partial charge is 0.0901 e. The van der Waals surface area contributed by atoms with Crippen molar-refractivity contribution in [3.05, 3.63) is 69.2 Å². The van der Waals surface area contributed by atoms with Gasteiger partial charge in [-0.05, 0) is 47.6 Å². The highest BCUT2D eigenvalue weighted by molar-refractivity contribution is 14.1. The number of hydrogen-bond acceptors (Lipinski definition) is 0. The summed E-state index contributed by atoms with van der Waals surface area (Å²) in [6.45, 7) is 8.20. The van der Waals surface area contributed by atoms with Crippen molar-refractivity contribution in [1.82, 2.24) is 0 Å². The fraction of sp³-hybridized carbons (Fsp3) is 0.333. The lowest BCUT2D eigenvalue weighted by atomic mass is 10.2. The van der Waals surface area contributed by atoms with Crippen LogP contribution in [-0.4, -0.2) is 4.93 Å². The van der Waals surface area contributed by atoms with Gasteiger partial charge in [0.2, 0.25) is 0 Å². The predicted molar refractivity (Wildman–Crippen MR) is 111 cm³/mol. The van der Waals surface area contributed by atoms with Crippen LogP contribution in [0.2, 0.25) is 5.02 Å². The highest BCUT2D eigenvalue weighted by Gasteiger charge is 1.86. The van der Waals surface area contributed by atoms with Gasteiger partial charge in [-0.3, -0.25) is 0 Å². The normalized spacial score (nSPS) is 8.19. The Morgan fingerprint density at radius 2 is 1.43 bits per heavy atom. The second-order valence-corrected chi connectivity index (χ2v) is 5.02. The minimum absolute atomic E-state index is 0.812. The summed E-state index contributed by atoms with van der Waals surface area (Å²) in [6, 6.07) is 16.1. The molecule has 0 aliphatic heterocycles. The molecule has 0 aliphatic carbocycles. The van der Waals surface area contributed by atoms with E-state index in [4.69, 9.17) is 11.6 Å². The lowest BCUT2D eigenvalue weighted by molar-refractivity contribution is 1.14. The quantitative estimate of drug-likeness (QED) is 0.287. The van der Waals surface area contributed by atoms with Gasteiger partial charge in [-0.15, -0.1) is 0 Å². The molecule has 0 atom stereocenters. The van der Waals surface area contributed by atoms with E-state index in [2.05, 4.69) is 58.4 Å². The van der Waals surface area contributed by atoms with Gasteiger partial charge in [-0.25, -0.2) is 0 Å². The first-order chi connectivity index (χ1) is 10.1. The van der Waals surface area contributed by atoms with Crippen LogP contribution in [-0.2, 0) is 6.42 Å². The highest BCUT2D eigenvalue weighted by Crippen LogP contribution is 2.13. The zero-order valence-corrected chi connectivity index (χ0v) is 18.0. The molecular weight excluding hydrogens is 458 g/mol. The van der Waals surface area contributed by atoms with Crippen molar-refractivity contribution in [2.75, 3.05) is 4.93 Å². The molecule has 2 rings (SSSR count). The minimum atomic E-state index is 0.812. The Morgan fingerprint density at radius 3 is 1.76 bits per heavy atom. The van der Waals surface area contributed by atoms with E-state index in [-0.39, 0.29) is 0 Å². The molecule has 0 fully saturated rings. The van der Waals surface area contributed by atoms with Crippen LogP contribution < -0.4 is 0 Å². The predicted octanol–water partition coefficient (Wildman–Crippen LogP) is 7.74. The second kappa shape index (κ2) is 16.3. The van der Waals surface area contributed by atoms with Gasteiger partial charge in [0, 0.05) is 9.50 Å². The Labute approximate surface area is 157 Å². The van der Waals surface area contributed by atoms with Gasteiger partial charge in [-0.2, -0.15) is 0 Å². The van der Waals surface area contributed by atoms with E-state index in [1.807, 2.05) is 61.2 Å². The van der Waals surface area contributed by atoms with Crippen molar-refractivity contribution >= 4 is 50.1 Å². The molecule has 0 nitrogen and oxygen atoms in total. The van der Waals surface area contributed by atoms with Crippen molar-refractivity contribution in [2.24, 2.45) is 0 Å². The van der Waals surface area contributed by atoms with Crippen molar-refractivity contribution in [3.63, 3.8) is 0 Å². The maximum absolute atomic E-state index is 5.67. The number of hydrogen-bond donors (Lipinski definition) is 0. The average Bonchev–Trinajstić information content (AvgIpc) is 2.55. The first-order valence-electron chi connectivity index (χ1n) is 6.97. The van der Waals surface area contributed by atoms with Gasteiger partial charge in [0.1, 0.15) is 0 Å². The number of benzene rings is 2. The molecular formula is C18H25BrClI. The summed E-state index contributed by atoms with van der Waals surface area (Å²) in [5, 5.41) is 0.812. The van der Waals surface area contributed by atoms with E-state index in [0.29, 0.717) is 0 Å². The summed E-state index contributed by atoms with van der Waals surface area (Å²) in [5.74, 6) is 0. The molecule has 0 N–H and O–H groups in total. The first-order valence-corrected chi connectivity index (χ1v) is 10.3. The van der Waals surface area contributed by atoms with Gasteiger partial charge in [0.15, 0.2) is 0 Å². The van der Waals surface area contributed by atoms with Crippen LogP contribution in [0, 0.1) is 6.92 Å². The Hall–Kier alpha value is -0.0600. The number of rotatable bonds is 1. The summed E-state index contributed by atoms with van der Waals surface area (Å²) in [7, 11) is 0. The van der Waals surface area contributed by atoms with Gasteiger partial charge < -0.3 is 0 Å². The fourth-order valence-electron chi connectivity index (χ4n) is 1.27. The molecule has 0 amide bonds. The molecule has 2 aromatic rings. The third kappa shape index (κ3) is 12.2. The van der Waals surface area contributed by atoms with Gasteiger partial charge in [0.25, 0.3) is 0 Å². The lowest BCUT2D eigenvalue weighted by Crippen LogP contribution is -1.75. The van der Waals surface area contributed by atoms with E-state index >= 15 is 0 Å². The Morgan fingerprint density at radius 1 is 0.952 bits per heavy atom. The number of aryl methyl sites for hydroxylation is 2. The molecule has 2 aromatic carbocycles. The molecule has 3 heteroatoms. The van der Waals surface area contributed by atoms with Crippen LogP contribution >= 0.6 is 50.1 Å². The molecule has 0 aliphatic rings. The van der Waals surface area contributed by atoms with E-state index < -0.39 is 0 Å². The van der Waals surface area contributed by atoms with Crippen molar-refractivity contribution in [3.8, 4) is 0 Å². The molecule has 0 heterocycles. The molecule has 0 saturated heterocycles. The van der Waals surface area contributed by atoms with E-state index in [1.54, 1.807) is 0 Å². The molecule has 118 valence electrons. The smallest absolute Gasteiger partial charge is 0.0406 e.